The van der Waals surface area contributed by atoms with Gasteiger partial charge >= 0.3 is 5.97 Å². The third-order valence-corrected chi connectivity index (χ3v) is 3.89. The Morgan fingerprint density at radius 1 is 1.53 bits per heavy atom. The summed E-state index contributed by atoms with van der Waals surface area (Å²) >= 11 is 1.35. The standard InChI is InChI=1S/C13H17N3O2S/c1-5-18-13(17)11-9(6-19-12(11)14)10-7(2)15-16(4)8(10)3/h6H,5,14H2,1-4H3. The average Bonchev–Trinajstić information content (AvgIpc) is 2.81. The van der Waals surface area contributed by atoms with E-state index in [0.717, 1.165) is 22.5 Å². The monoisotopic (exact) mass is 279 g/mol. The molecule has 0 aromatic carbocycles. The maximum atomic E-state index is 12.0. The number of aromatic nitrogens is 2. The number of rotatable bonds is 3. The summed E-state index contributed by atoms with van der Waals surface area (Å²) in [7, 11) is 1.88. The van der Waals surface area contributed by atoms with Crippen LogP contribution in [0.25, 0.3) is 11.1 Å². The first-order valence-corrected chi connectivity index (χ1v) is 6.90. The van der Waals surface area contributed by atoms with Crippen molar-refractivity contribution < 1.29 is 9.53 Å². The molecule has 0 spiro atoms. The molecule has 2 heterocycles. The van der Waals surface area contributed by atoms with Gasteiger partial charge in [0.15, 0.2) is 0 Å². The van der Waals surface area contributed by atoms with Crippen molar-refractivity contribution in [1.29, 1.82) is 0 Å². The lowest BCUT2D eigenvalue weighted by atomic mass is 10.0. The molecule has 0 amide bonds. The highest BCUT2D eigenvalue weighted by Gasteiger charge is 2.23. The van der Waals surface area contributed by atoms with Gasteiger partial charge < -0.3 is 10.5 Å². The zero-order valence-electron chi connectivity index (χ0n) is 11.5. The fourth-order valence-corrected chi connectivity index (χ4v) is 2.93. The summed E-state index contributed by atoms with van der Waals surface area (Å²) in [5, 5.41) is 6.74. The van der Waals surface area contributed by atoms with Crippen LogP contribution in [0.2, 0.25) is 0 Å². The summed E-state index contributed by atoms with van der Waals surface area (Å²) in [6, 6.07) is 0. The van der Waals surface area contributed by atoms with Gasteiger partial charge in [0.25, 0.3) is 0 Å². The van der Waals surface area contributed by atoms with Crippen LogP contribution >= 0.6 is 11.3 Å². The van der Waals surface area contributed by atoms with Gasteiger partial charge in [-0.25, -0.2) is 4.79 Å². The molecule has 2 N–H and O–H groups in total. The highest BCUT2D eigenvalue weighted by atomic mass is 32.1. The molecule has 0 aliphatic heterocycles. The summed E-state index contributed by atoms with van der Waals surface area (Å²) in [6.45, 7) is 6.00. The highest BCUT2D eigenvalue weighted by molar-refractivity contribution is 7.15. The number of hydrogen-bond acceptors (Lipinski definition) is 5. The Morgan fingerprint density at radius 2 is 2.21 bits per heavy atom. The van der Waals surface area contributed by atoms with Gasteiger partial charge in [0.1, 0.15) is 10.6 Å². The van der Waals surface area contributed by atoms with E-state index in [1.807, 2.05) is 26.3 Å². The smallest absolute Gasteiger partial charge is 0.341 e. The molecule has 0 unspecified atom stereocenters. The van der Waals surface area contributed by atoms with E-state index in [4.69, 9.17) is 10.5 Å². The van der Waals surface area contributed by atoms with E-state index in [-0.39, 0.29) is 5.97 Å². The van der Waals surface area contributed by atoms with Gasteiger partial charge in [-0.1, -0.05) is 0 Å². The Kier molecular flexibility index (Phi) is 3.61. The second-order valence-corrected chi connectivity index (χ2v) is 5.19. The zero-order valence-corrected chi connectivity index (χ0v) is 12.3. The predicted molar refractivity (Wildman–Crippen MR) is 76.4 cm³/mol. The largest absolute Gasteiger partial charge is 0.462 e. The molecular weight excluding hydrogens is 262 g/mol. The number of thiophene rings is 1. The van der Waals surface area contributed by atoms with Gasteiger partial charge in [0, 0.05) is 29.2 Å². The predicted octanol–water partition coefficient (Wildman–Crippen LogP) is 2.52. The zero-order chi connectivity index (χ0) is 14.2. The number of esters is 1. The van der Waals surface area contributed by atoms with Crippen LogP contribution in [0.5, 0.6) is 0 Å². The van der Waals surface area contributed by atoms with E-state index in [1.54, 1.807) is 11.6 Å². The third kappa shape index (κ3) is 2.23. The van der Waals surface area contributed by atoms with Gasteiger partial charge in [-0.3, -0.25) is 4.68 Å². The van der Waals surface area contributed by atoms with E-state index < -0.39 is 0 Å². The molecule has 19 heavy (non-hydrogen) atoms. The normalized spacial score (nSPS) is 10.7. The van der Waals surface area contributed by atoms with E-state index in [9.17, 15) is 4.79 Å². The molecule has 0 fully saturated rings. The second kappa shape index (κ2) is 5.05. The first-order valence-electron chi connectivity index (χ1n) is 6.02. The highest BCUT2D eigenvalue weighted by Crippen LogP contribution is 2.37. The maximum Gasteiger partial charge on any atom is 0.341 e. The molecule has 2 rings (SSSR count). The van der Waals surface area contributed by atoms with Crippen LogP contribution in [-0.2, 0) is 11.8 Å². The van der Waals surface area contributed by atoms with Gasteiger partial charge in [0.2, 0.25) is 0 Å². The molecule has 0 aliphatic rings. The molecule has 2 aromatic rings. The molecular formula is C13H17N3O2S. The number of carbonyl (C=O) groups excluding carboxylic acids is 1. The number of nitrogen functional groups attached to an aromatic ring is 1. The number of anilines is 1. The number of nitrogens with two attached hydrogens (primary N) is 1. The minimum Gasteiger partial charge on any atom is -0.462 e. The van der Waals surface area contributed by atoms with Crippen molar-refractivity contribution >= 4 is 22.3 Å². The van der Waals surface area contributed by atoms with Crippen molar-refractivity contribution in [3.63, 3.8) is 0 Å². The van der Waals surface area contributed by atoms with Gasteiger partial charge in [-0.15, -0.1) is 11.3 Å². The quantitative estimate of drug-likeness (QED) is 0.876. The van der Waals surface area contributed by atoms with Crippen LogP contribution in [0.15, 0.2) is 5.38 Å². The molecule has 0 radical (unpaired) electrons. The van der Waals surface area contributed by atoms with Crippen molar-refractivity contribution in [3.05, 3.63) is 22.3 Å². The Morgan fingerprint density at radius 3 is 2.74 bits per heavy atom. The summed E-state index contributed by atoms with van der Waals surface area (Å²) in [4.78, 5) is 12.0. The van der Waals surface area contributed by atoms with Crippen molar-refractivity contribution in [1.82, 2.24) is 9.78 Å². The molecule has 2 aromatic heterocycles. The topological polar surface area (TPSA) is 70.1 Å². The van der Waals surface area contributed by atoms with E-state index >= 15 is 0 Å². The Bertz CT molecular complexity index is 628. The molecule has 0 saturated heterocycles. The summed E-state index contributed by atoms with van der Waals surface area (Å²) in [5.74, 6) is -0.376. The lowest BCUT2D eigenvalue weighted by Crippen LogP contribution is -2.07. The Labute approximate surface area is 116 Å². The first kappa shape index (κ1) is 13.6. The van der Waals surface area contributed by atoms with Gasteiger partial charge in [-0.05, 0) is 20.8 Å². The number of ether oxygens (including phenoxy) is 1. The fraction of sp³-hybridized carbons (Fsp3) is 0.385. The van der Waals surface area contributed by atoms with Crippen LogP contribution in [-0.4, -0.2) is 22.4 Å². The minimum absolute atomic E-state index is 0.332. The number of nitrogens with zero attached hydrogens (tertiary/aromatic N) is 2. The minimum atomic E-state index is -0.376. The van der Waals surface area contributed by atoms with Crippen LogP contribution in [0.1, 0.15) is 28.7 Å². The first-order chi connectivity index (χ1) is 8.97. The van der Waals surface area contributed by atoms with Crippen LogP contribution in [0.3, 0.4) is 0 Å². The van der Waals surface area contributed by atoms with Crippen molar-refractivity contribution in [2.45, 2.75) is 20.8 Å². The maximum absolute atomic E-state index is 12.0. The molecule has 0 aliphatic carbocycles. The lowest BCUT2D eigenvalue weighted by Gasteiger charge is -2.06. The van der Waals surface area contributed by atoms with E-state index in [0.29, 0.717) is 17.2 Å². The molecule has 0 saturated carbocycles. The summed E-state index contributed by atoms with van der Waals surface area (Å²) in [6.07, 6.45) is 0. The van der Waals surface area contributed by atoms with Crippen molar-refractivity contribution in [2.24, 2.45) is 7.05 Å². The fourth-order valence-electron chi connectivity index (χ4n) is 2.13. The third-order valence-electron chi connectivity index (χ3n) is 3.08. The SMILES string of the molecule is CCOC(=O)c1c(-c2c(C)nn(C)c2C)csc1N. The van der Waals surface area contributed by atoms with Crippen molar-refractivity contribution in [3.8, 4) is 11.1 Å². The Hall–Kier alpha value is -1.82. The molecule has 0 bridgehead atoms. The Balaban J connectivity index is 2.61. The number of carbonyl (C=O) groups is 1. The van der Waals surface area contributed by atoms with Crippen LogP contribution in [0, 0.1) is 13.8 Å². The molecule has 0 atom stereocenters. The average molecular weight is 279 g/mol. The molecule has 102 valence electrons. The molecule has 6 heteroatoms. The van der Waals surface area contributed by atoms with E-state index in [2.05, 4.69) is 5.10 Å². The summed E-state index contributed by atoms with van der Waals surface area (Å²) < 4.78 is 6.88. The number of aryl methyl sites for hydroxylation is 2. The van der Waals surface area contributed by atoms with Gasteiger partial charge in [0.05, 0.1) is 12.3 Å². The van der Waals surface area contributed by atoms with Crippen LogP contribution in [0.4, 0.5) is 5.00 Å². The van der Waals surface area contributed by atoms with Crippen LogP contribution < -0.4 is 5.73 Å². The summed E-state index contributed by atoms with van der Waals surface area (Å²) in [5.41, 5.74) is 10.0. The lowest BCUT2D eigenvalue weighted by molar-refractivity contribution is 0.0529. The number of hydrogen-bond donors (Lipinski definition) is 1. The van der Waals surface area contributed by atoms with Crippen molar-refractivity contribution in [2.75, 3.05) is 12.3 Å². The van der Waals surface area contributed by atoms with E-state index in [1.165, 1.54) is 11.3 Å². The molecule has 5 nitrogen and oxygen atoms in total. The second-order valence-electron chi connectivity index (χ2n) is 4.28. The van der Waals surface area contributed by atoms with Gasteiger partial charge in [-0.2, -0.15) is 5.10 Å².